The second-order valence-electron chi connectivity index (χ2n) is 4.49. The van der Waals surface area contributed by atoms with E-state index in [0.29, 0.717) is 11.7 Å². The predicted octanol–water partition coefficient (Wildman–Crippen LogP) is 3.72. The molecule has 0 unspecified atom stereocenters. The highest BCUT2D eigenvalue weighted by Gasteiger charge is 2.13. The molecule has 100 valence electrons. The molecule has 0 atom stereocenters. The van der Waals surface area contributed by atoms with E-state index in [2.05, 4.69) is 10.1 Å². The second-order valence-corrected chi connectivity index (χ2v) is 4.49. The first-order chi connectivity index (χ1) is 9.78. The fourth-order valence-electron chi connectivity index (χ4n) is 2.06. The standard InChI is InChI=1S/C16H14N2O2/c1-11-6-5-7-12(10-11)16-17-15(18-20-16)13-8-3-4-9-14(13)19-2/h3-10H,1-2H3. The van der Waals surface area contributed by atoms with Gasteiger partial charge in [-0.2, -0.15) is 4.98 Å². The lowest BCUT2D eigenvalue weighted by Crippen LogP contribution is -1.88. The molecule has 4 nitrogen and oxygen atoms in total. The number of para-hydroxylation sites is 1. The minimum atomic E-state index is 0.509. The topological polar surface area (TPSA) is 48.2 Å². The van der Waals surface area contributed by atoms with E-state index in [1.165, 1.54) is 0 Å². The highest BCUT2D eigenvalue weighted by atomic mass is 16.5. The fraction of sp³-hybridized carbons (Fsp3) is 0.125. The van der Waals surface area contributed by atoms with Crippen LogP contribution in [0, 0.1) is 6.92 Å². The number of rotatable bonds is 3. The summed E-state index contributed by atoms with van der Waals surface area (Å²) in [5.41, 5.74) is 2.89. The maximum absolute atomic E-state index is 5.34. The number of benzene rings is 2. The van der Waals surface area contributed by atoms with Crippen LogP contribution in [-0.2, 0) is 0 Å². The van der Waals surface area contributed by atoms with Gasteiger partial charge in [-0.1, -0.05) is 35.0 Å². The number of ether oxygens (including phenoxy) is 1. The molecule has 20 heavy (non-hydrogen) atoms. The lowest BCUT2D eigenvalue weighted by molar-refractivity contribution is 0.413. The van der Waals surface area contributed by atoms with Crippen molar-refractivity contribution in [2.75, 3.05) is 7.11 Å². The first-order valence-electron chi connectivity index (χ1n) is 6.32. The molecule has 0 saturated heterocycles. The van der Waals surface area contributed by atoms with Crippen LogP contribution in [0.3, 0.4) is 0 Å². The average Bonchev–Trinajstić information content (AvgIpc) is 2.97. The Kier molecular flexibility index (Phi) is 3.21. The Labute approximate surface area is 117 Å². The Balaban J connectivity index is 2.02. The zero-order valence-corrected chi connectivity index (χ0v) is 11.3. The Hall–Kier alpha value is -2.62. The summed E-state index contributed by atoms with van der Waals surface area (Å²) in [6.45, 7) is 2.03. The molecule has 0 saturated carbocycles. The van der Waals surface area contributed by atoms with Crippen molar-refractivity contribution in [1.29, 1.82) is 0 Å². The number of aromatic nitrogens is 2. The van der Waals surface area contributed by atoms with Gasteiger partial charge in [0.05, 0.1) is 12.7 Å². The van der Waals surface area contributed by atoms with Gasteiger partial charge in [0.2, 0.25) is 5.82 Å². The van der Waals surface area contributed by atoms with Gasteiger partial charge in [0, 0.05) is 5.56 Å². The van der Waals surface area contributed by atoms with E-state index in [1.807, 2.05) is 55.5 Å². The fourth-order valence-corrected chi connectivity index (χ4v) is 2.06. The number of nitrogens with zero attached hydrogens (tertiary/aromatic N) is 2. The smallest absolute Gasteiger partial charge is 0.258 e. The van der Waals surface area contributed by atoms with Crippen molar-refractivity contribution in [2.45, 2.75) is 6.92 Å². The van der Waals surface area contributed by atoms with Gasteiger partial charge in [0.1, 0.15) is 5.75 Å². The van der Waals surface area contributed by atoms with Crippen molar-refractivity contribution in [3.8, 4) is 28.6 Å². The zero-order valence-electron chi connectivity index (χ0n) is 11.3. The predicted molar refractivity (Wildman–Crippen MR) is 76.5 cm³/mol. The summed E-state index contributed by atoms with van der Waals surface area (Å²) in [6.07, 6.45) is 0. The lowest BCUT2D eigenvalue weighted by Gasteiger charge is -2.03. The van der Waals surface area contributed by atoms with Gasteiger partial charge in [-0.15, -0.1) is 0 Å². The highest BCUT2D eigenvalue weighted by Crippen LogP contribution is 2.29. The summed E-state index contributed by atoms with van der Waals surface area (Å²) in [7, 11) is 1.63. The van der Waals surface area contributed by atoms with Crippen LogP contribution in [0.2, 0.25) is 0 Å². The van der Waals surface area contributed by atoms with Crippen LogP contribution in [-0.4, -0.2) is 17.3 Å². The van der Waals surface area contributed by atoms with Gasteiger partial charge in [-0.05, 0) is 31.2 Å². The summed E-state index contributed by atoms with van der Waals surface area (Å²) >= 11 is 0. The number of aryl methyl sites for hydroxylation is 1. The number of hydrogen-bond acceptors (Lipinski definition) is 4. The van der Waals surface area contributed by atoms with Crippen molar-refractivity contribution in [3.63, 3.8) is 0 Å². The minimum absolute atomic E-state index is 0.509. The summed E-state index contributed by atoms with van der Waals surface area (Å²) in [6, 6.07) is 15.6. The van der Waals surface area contributed by atoms with Gasteiger partial charge < -0.3 is 9.26 Å². The zero-order chi connectivity index (χ0) is 13.9. The molecule has 1 heterocycles. The molecule has 0 N–H and O–H groups in total. The van der Waals surface area contributed by atoms with Crippen molar-refractivity contribution in [2.24, 2.45) is 0 Å². The van der Waals surface area contributed by atoms with Gasteiger partial charge in [-0.3, -0.25) is 0 Å². The summed E-state index contributed by atoms with van der Waals surface area (Å²) < 4.78 is 10.7. The molecule has 0 amide bonds. The third-order valence-corrected chi connectivity index (χ3v) is 3.04. The molecule has 4 heteroatoms. The molecule has 1 aromatic heterocycles. The quantitative estimate of drug-likeness (QED) is 0.725. The highest BCUT2D eigenvalue weighted by molar-refractivity contribution is 5.65. The maximum atomic E-state index is 5.34. The second kappa shape index (κ2) is 5.17. The third kappa shape index (κ3) is 2.28. The number of hydrogen-bond donors (Lipinski definition) is 0. The Morgan fingerprint density at radius 3 is 2.70 bits per heavy atom. The van der Waals surface area contributed by atoms with Crippen LogP contribution >= 0.6 is 0 Å². The van der Waals surface area contributed by atoms with Gasteiger partial charge >= 0.3 is 0 Å². The summed E-state index contributed by atoms with van der Waals surface area (Å²) in [5, 5.41) is 4.03. The summed E-state index contributed by atoms with van der Waals surface area (Å²) in [5.74, 6) is 1.76. The van der Waals surface area contributed by atoms with Crippen LogP contribution in [0.4, 0.5) is 0 Å². The van der Waals surface area contributed by atoms with Crippen molar-refractivity contribution >= 4 is 0 Å². The van der Waals surface area contributed by atoms with Gasteiger partial charge in [0.15, 0.2) is 0 Å². The molecule has 3 rings (SSSR count). The average molecular weight is 266 g/mol. The Morgan fingerprint density at radius 1 is 1.05 bits per heavy atom. The maximum Gasteiger partial charge on any atom is 0.258 e. The number of methoxy groups -OCH3 is 1. The minimum Gasteiger partial charge on any atom is -0.496 e. The molecule has 0 aliphatic rings. The molecular weight excluding hydrogens is 252 g/mol. The van der Waals surface area contributed by atoms with Crippen LogP contribution in [0.25, 0.3) is 22.8 Å². The normalized spacial score (nSPS) is 10.5. The lowest BCUT2D eigenvalue weighted by atomic mass is 10.1. The van der Waals surface area contributed by atoms with E-state index in [0.717, 1.165) is 22.4 Å². The summed E-state index contributed by atoms with van der Waals surface area (Å²) in [4.78, 5) is 4.44. The van der Waals surface area contributed by atoms with Crippen LogP contribution in [0.5, 0.6) is 5.75 Å². The van der Waals surface area contributed by atoms with E-state index in [4.69, 9.17) is 9.26 Å². The first kappa shape index (κ1) is 12.4. The van der Waals surface area contributed by atoms with Crippen LogP contribution < -0.4 is 4.74 Å². The largest absolute Gasteiger partial charge is 0.496 e. The van der Waals surface area contributed by atoms with Gasteiger partial charge in [-0.25, -0.2) is 0 Å². The molecule has 3 aromatic rings. The molecule has 0 aliphatic carbocycles. The Bertz CT molecular complexity index is 735. The van der Waals surface area contributed by atoms with Crippen molar-refractivity contribution < 1.29 is 9.26 Å². The van der Waals surface area contributed by atoms with Crippen molar-refractivity contribution in [1.82, 2.24) is 10.1 Å². The van der Waals surface area contributed by atoms with Crippen LogP contribution in [0.1, 0.15) is 5.56 Å². The first-order valence-corrected chi connectivity index (χ1v) is 6.32. The van der Waals surface area contributed by atoms with E-state index in [1.54, 1.807) is 7.11 Å². The van der Waals surface area contributed by atoms with E-state index < -0.39 is 0 Å². The van der Waals surface area contributed by atoms with Crippen molar-refractivity contribution in [3.05, 3.63) is 54.1 Å². The molecule has 0 aliphatic heterocycles. The van der Waals surface area contributed by atoms with E-state index in [-0.39, 0.29) is 0 Å². The monoisotopic (exact) mass is 266 g/mol. The molecule has 0 bridgehead atoms. The molecule has 0 radical (unpaired) electrons. The molecular formula is C16H14N2O2. The Morgan fingerprint density at radius 2 is 1.90 bits per heavy atom. The van der Waals surface area contributed by atoms with E-state index in [9.17, 15) is 0 Å². The van der Waals surface area contributed by atoms with Crippen LogP contribution in [0.15, 0.2) is 53.1 Å². The van der Waals surface area contributed by atoms with Gasteiger partial charge in [0.25, 0.3) is 5.89 Å². The molecule has 0 fully saturated rings. The molecule has 2 aromatic carbocycles. The third-order valence-electron chi connectivity index (χ3n) is 3.04. The molecule has 0 spiro atoms. The van der Waals surface area contributed by atoms with E-state index >= 15 is 0 Å². The SMILES string of the molecule is COc1ccccc1-c1noc(-c2cccc(C)c2)n1.